The van der Waals surface area contributed by atoms with E-state index in [9.17, 15) is 0 Å². The lowest BCUT2D eigenvalue weighted by molar-refractivity contribution is 0.332. The number of nitrogens with zero attached hydrogens (tertiary/aromatic N) is 3. The van der Waals surface area contributed by atoms with E-state index in [1.165, 1.54) is 109 Å². The molecule has 10 aromatic rings. The standard InChI is InChI=1S/C55H44BN3S2/c1-33-29-42-43(55(4,5)28-27-54(42,2)3)32-44(33)58-45-31-36(57(34-17-8-6-9-18-34)35-19-10-7-11-20-35)30-41-37-23-16-24-40-48-38-21-12-14-25-46(38)60-52(48)59(51(37)40)56(49(41)45)50-39-22-13-15-26-47(39)61-53(50)58/h6-26,29-32H,27-28H2,1-5H3. The molecule has 0 unspecified atom stereocenters. The first kappa shape index (κ1) is 35.7. The molecule has 0 saturated heterocycles. The third kappa shape index (κ3) is 4.86. The zero-order valence-electron chi connectivity index (χ0n) is 35.1. The molecule has 0 N–H and O–H groups in total. The number of para-hydroxylation sites is 3. The third-order valence-corrected chi connectivity index (χ3v) is 16.7. The molecule has 3 aromatic heterocycles. The first-order valence-corrected chi connectivity index (χ1v) is 23.3. The van der Waals surface area contributed by atoms with Crippen molar-refractivity contribution in [3.63, 3.8) is 0 Å². The van der Waals surface area contributed by atoms with Gasteiger partial charge >= 0.3 is 6.85 Å². The van der Waals surface area contributed by atoms with E-state index >= 15 is 0 Å². The van der Waals surface area contributed by atoms with Crippen LogP contribution in [0.15, 0.2) is 152 Å². The average molecular weight is 822 g/mol. The highest BCUT2D eigenvalue weighted by Gasteiger charge is 2.47. The van der Waals surface area contributed by atoms with Gasteiger partial charge in [0.25, 0.3) is 0 Å². The second kappa shape index (κ2) is 12.5. The van der Waals surface area contributed by atoms with Crippen LogP contribution >= 0.6 is 22.7 Å². The Balaban J connectivity index is 1.20. The fraction of sp³-hybridized carbons (Fsp3) is 0.164. The highest BCUT2D eigenvalue weighted by atomic mass is 32.1. The van der Waals surface area contributed by atoms with Crippen LogP contribution in [0.25, 0.3) is 52.4 Å². The Hall–Kier alpha value is -6.08. The van der Waals surface area contributed by atoms with Gasteiger partial charge in [0.2, 0.25) is 0 Å². The molecule has 13 rings (SSSR count). The third-order valence-electron chi connectivity index (χ3n) is 14.3. The lowest BCUT2D eigenvalue weighted by Crippen LogP contribution is -2.56. The molecule has 0 radical (unpaired) electrons. The number of fused-ring (bicyclic) bond motifs is 12. The molecule has 0 spiro atoms. The zero-order valence-corrected chi connectivity index (χ0v) is 36.7. The van der Waals surface area contributed by atoms with Crippen molar-refractivity contribution >= 4 is 115 Å². The van der Waals surface area contributed by atoms with Gasteiger partial charge in [-0.25, -0.2) is 0 Å². The predicted octanol–water partition coefficient (Wildman–Crippen LogP) is 14.8. The minimum atomic E-state index is -0.0142. The van der Waals surface area contributed by atoms with Crippen LogP contribution in [0.3, 0.4) is 0 Å². The molecule has 1 aliphatic carbocycles. The summed E-state index contributed by atoms with van der Waals surface area (Å²) < 4.78 is 5.42. The second-order valence-corrected chi connectivity index (χ2v) is 20.9. The normalized spacial score (nSPS) is 15.7. The fourth-order valence-electron chi connectivity index (χ4n) is 11.3. The van der Waals surface area contributed by atoms with E-state index < -0.39 is 0 Å². The van der Waals surface area contributed by atoms with Gasteiger partial charge in [0.1, 0.15) is 0 Å². The molecule has 0 amide bonds. The van der Waals surface area contributed by atoms with Crippen molar-refractivity contribution < 1.29 is 0 Å². The molecule has 0 saturated carbocycles. The summed E-state index contributed by atoms with van der Waals surface area (Å²) in [5.74, 6) is 0. The van der Waals surface area contributed by atoms with E-state index in [4.69, 9.17) is 0 Å². The summed E-state index contributed by atoms with van der Waals surface area (Å²) in [6, 6.07) is 57.2. The van der Waals surface area contributed by atoms with Crippen molar-refractivity contribution in [2.24, 2.45) is 0 Å². The van der Waals surface area contributed by atoms with Crippen LogP contribution in [0.4, 0.5) is 33.4 Å². The summed E-state index contributed by atoms with van der Waals surface area (Å²) in [5, 5.41) is 6.73. The molecular weight excluding hydrogens is 778 g/mol. The molecule has 7 aromatic carbocycles. The summed E-state index contributed by atoms with van der Waals surface area (Å²) in [5.41, 5.74) is 17.2. The molecule has 3 aliphatic rings. The van der Waals surface area contributed by atoms with Crippen molar-refractivity contribution in [2.45, 2.75) is 58.3 Å². The maximum Gasteiger partial charge on any atom is 0.335 e. The molecule has 0 atom stereocenters. The van der Waals surface area contributed by atoms with Gasteiger partial charge in [-0.1, -0.05) is 125 Å². The minimum absolute atomic E-state index is 0.0142. The van der Waals surface area contributed by atoms with E-state index in [1.54, 1.807) is 0 Å². The van der Waals surface area contributed by atoms with Crippen LogP contribution in [-0.2, 0) is 10.8 Å². The summed E-state index contributed by atoms with van der Waals surface area (Å²) in [6.45, 7) is 12.2. The molecular formula is C55H44BN3S2. The quantitative estimate of drug-likeness (QED) is 0.164. The number of hydrogen-bond acceptors (Lipinski definition) is 4. The van der Waals surface area contributed by atoms with Crippen LogP contribution < -0.4 is 20.7 Å². The second-order valence-electron chi connectivity index (χ2n) is 18.8. The topological polar surface area (TPSA) is 11.4 Å². The molecule has 294 valence electrons. The number of benzene rings is 7. The summed E-state index contributed by atoms with van der Waals surface area (Å²) >= 11 is 3.90. The summed E-state index contributed by atoms with van der Waals surface area (Å²) in [4.78, 5) is 6.50. The van der Waals surface area contributed by atoms with Gasteiger partial charge in [-0.3, -0.25) is 0 Å². The van der Waals surface area contributed by atoms with Gasteiger partial charge in [0.15, 0.2) is 0 Å². The van der Waals surface area contributed by atoms with E-state index in [0.29, 0.717) is 0 Å². The van der Waals surface area contributed by atoms with Gasteiger partial charge in [0.05, 0.1) is 15.5 Å². The number of thiophene rings is 2. The van der Waals surface area contributed by atoms with E-state index in [1.807, 2.05) is 22.7 Å². The first-order valence-electron chi connectivity index (χ1n) is 21.7. The molecule has 0 fully saturated rings. The SMILES string of the molecule is Cc1cc2c(cc1N1c3cc(N(c4ccccc4)c4ccccc4)cc4c3B(c3c1sc1ccccc31)n1c3sc5ccccc5c3c3cccc-4c31)C(C)(C)CCC2(C)C. The summed E-state index contributed by atoms with van der Waals surface area (Å²) in [7, 11) is 0. The zero-order chi connectivity index (χ0) is 40.9. The predicted molar refractivity (Wildman–Crippen MR) is 265 cm³/mol. The highest BCUT2D eigenvalue weighted by Crippen LogP contribution is 2.55. The maximum atomic E-state index is 2.75. The van der Waals surface area contributed by atoms with E-state index in [-0.39, 0.29) is 17.7 Å². The molecule has 0 bridgehead atoms. The van der Waals surface area contributed by atoms with Crippen molar-refractivity contribution in [1.29, 1.82) is 0 Å². The van der Waals surface area contributed by atoms with Gasteiger partial charge in [-0.15, -0.1) is 22.7 Å². The Bertz CT molecular complexity index is 3420. The molecule has 61 heavy (non-hydrogen) atoms. The molecule has 5 heterocycles. The highest BCUT2D eigenvalue weighted by molar-refractivity contribution is 7.27. The van der Waals surface area contributed by atoms with Gasteiger partial charge in [-0.2, -0.15) is 0 Å². The number of aryl methyl sites for hydroxylation is 1. The first-order chi connectivity index (χ1) is 29.7. The van der Waals surface area contributed by atoms with Crippen molar-refractivity contribution in [1.82, 2.24) is 4.48 Å². The summed E-state index contributed by atoms with van der Waals surface area (Å²) in [6.07, 6.45) is 2.37. The largest absolute Gasteiger partial charge is 0.367 e. The number of anilines is 6. The fourth-order valence-corrected chi connectivity index (χ4v) is 13.8. The number of aromatic nitrogens is 1. The van der Waals surface area contributed by atoms with Crippen LogP contribution in [0.2, 0.25) is 0 Å². The van der Waals surface area contributed by atoms with Crippen LogP contribution in [0.1, 0.15) is 57.2 Å². The molecule has 2 aliphatic heterocycles. The van der Waals surface area contributed by atoms with Crippen molar-refractivity contribution in [3.8, 4) is 11.1 Å². The smallest absolute Gasteiger partial charge is 0.335 e. The lowest BCUT2D eigenvalue weighted by atomic mass is 9.45. The Kier molecular flexibility index (Phi) is 7.31. The number of rotatable bonds is 4. The Morgan fingerprint density at radius 3 is 1.85 bits per heavy atom. The molecule has 6 heteroatoms. The molecule has 3 nitrogen and oxygen atoms in total. The van der Waals surface area contributed by atoms with Gasteiger partial charge < -0.3 is 14.3 Å². The van der Waals surface area contributed by atoms with E-state index in [2.05, 4.69) is 201 Å². The minimum Gasteiger partial charge on any atom is -0.367 e. The van der Waals surface area contributed by atoms with Crippen molar-refractivity contribution in [3.05, 3.63) is 168 Å². The average Bonchev–Trinajstić information content (AvgIpc) is 3.95. The van der Waals surface area contributed by atoms with Gasteiger partial charge in [0, 0.05) is 59.4 Å². The van der Waals surface area contributed by atoms with E-state index in [0.717, 1.165) is 17.1 Å². The maximum absolute atomic E-state index is 2.75. The van der Waals surface area contributed by atoms with Crippen LogP contribution in [0.5, 0.6) is 0 Å². The number of hydrogen-bond donors (Lipinski definition) is 0. The Labute approximate surface area is 365 Å². The Morgan fingerprint density at radius 2 is 1.15 bits per heavy atom. The van der Waals surface area contributed by atoms with Crippen LogP contribution in [0, 0.1) is 6.92 Å². The van der Waals surface area contributed by atoms with Crippen molar-refractivity contribution in [2.75, 3.05) is 9.80 Å². The van der Waals surface area contributed by atoms with Gasteiger partial charge in [-0.05, 0) is 124 Å². The monoisotopic (exact) mass is 821 g/mol. The van der Waals surface area contributed by atoms with Crippen LogP contribution in [-0.4, -0.2) is 11.3 Å². The lowest BCUT2D eigenvalue weighted by Gasteiger charge is -2.44. The Morgan fingerprint density at radius 1 is 0.541 bits per heavy atom.